The molecule has 0 fully saturated rings. The molecule has 2 aromatic heterocycles. The van der Waals surface area contributed by atoms with E-state index in [0.717, 1.165) is 52.7 Å². The lowest BCUT2D eigenvalue weighted by atomic mass is 10.0. The maximum Gasteiger partial charge on any atom is 0.169 e. The van der Waals surface area contributed by atoms with Gasteiger partial charge in [0.1, 0.15) is 11.5 Å². The molecule has 0 atom stereocenters. The van der Waals surface area contributed by atoms with Crippen LogP contribution in [0.2, 0.25) is 0 Å². The molecule has 1 N–H and O–H groups in total. The zero-order chi connectivity index (χ0) is 11.8. The number of fused-ring (bicyclic) bond motifs is 1. The van der Waals surface area contributed by atoms with E-state index in [1.165, 1.54) is 0 Å². The standard InChI is InChI=1S/C12H12BrN3O/c1-7-15-9-4-5-14-6-8(9)12(16-7)10-2-3-11(13)17-10/h2-3,14H,4-6H2,1H3. The van der Waals surface area contributed by atoms with E-state index in [2.05, 4.69) is 31.2 Å². The van der Waals surface area contributed by atoms with Crippen molar-refractivity contribution in [2.24, 2.45) is 0 Å². The Bertz CT molecular complexity index is 565. The van der Waals surface area contributed by atoms with Crippen LogP contribution in [-0.2, 0) is 13.0 Å². The third-order valence-corrected chi connectivity index (χ3v) is 3.28. The van der Waals surface area contributed by atoms with E-state index in [-0.39, 0.29) is 0 Å². The SMILES string of the molecule is Cc1nc2c(c(-c3ccc(Br)o3)n1)CNCC2. The molecule has 17 heavy (non-hydrogen) atoms. The van der Waals surface area contributed by atoms with Gasteiger partial charge in [-0.2, -0.15) is 0 Å². The fourth-order valence-corrected chi connectivity index (χ4v) is 2.42. The zero-order valence-corrected chi connectivity index (χ0v) is 11.0. The average Bonchev–Trinajstić information content (AvgIpc) is 2.74. The minimum Gasteiger partial charge on any atom is -0.448 e. The molecule has 0 aliphatic carbocycles. The van der Waals surface area contributed by atoms with Crippen LogP contribution in [0.25, 0.3) is 11.5 Å². The number of aryl methyl sites for hydroxylation is 1. The second kappa shape index (κ2) is 4.23. The number of hydrogen-bond donors (Lipinski definition) is 1. The van der Waals surface area contributed by atoms with Crippen molar-refractivity contribution in [2.75, 3.05) is 6.54 Å². The van der Waals surface area contributed by atoms with Crippen molar-refractivity contribution in [1.29, 1.82) is 0 Å². The highest BCUT2D eigenvalue weighted by Crippen LogP contribution is 2.28. The van der Waals surface area contributed by atoms with Crippen LogP contribution in [0, 0.1) is 6.92 Å². The Labute approximate surface area is 108 Å². The lowest BCUT2D eigenvalue weighted by molar-refractivity contribution is 0.548. The molecule has 4 nitrogen and oxygen atoms in total. The van der Waals surface area contributed by atoms with E-state index < -0.39 is 0 Å². The molecule has 0 aromatic carbocycles. The minimum atomic E-state index is 0.723. The summed E-state index contributed by atoms with van der Waals surface area (Å²) >= 11 is 3.32. The van der Waals surface area contributed by atoms with Crippen LogP contribution in [0.4, 0.5) is 0 Å². The molecule has 0 bridgehead atoms. The van der Waals surface area contributed by atoms with Crippen LogP contribution < -0.4 is 5.32 Å². The Kier molecular flexibility index (Phi) is 2.72. The summed E-state index contributed by atoms with van der Waals surface area (Å²) in [6, 6.07) is 3.82. The predicted octanol–water partition coefficient (Wildman–Crippen LogP) is 2.45. The van der Waals surface area contributed by atoms with Gasteiger partial charge in [-0.05, 0) is 35.0 Å². The van der Waals surface area contributed by atoms with Crippen molar-refractivity contribution in [3.05, 3.63) is 33.9 Å². The summed E-state index contributed by atoms with van der Waals surface area (Å²) in [4.78, 5) is 9.01. The smallest absolute Gasteiger partial charge is 0.169 e. The first-order valence-electron chi connectivity index (χ1n) is 5.57. The fourth-order valence-electron chi connectivity index (χ4n) is 2.11. The van der Waals surface area contributed by atoms with E-state index in [1.807, 2.05) is 19.1 Å². The molecular weight excluding hydrogens is 282 g/mol. The lowest BCUT2D eigenvalue weighted by Crippen LogP contribution is -2.26. The van der Waals surface area contributed by atoms with Crippen LogP contribution in [0.15, 0.2) is 21.2 Å². The molecule has 0 radical (unpaired) electrons. The van der Waals surface area contributed by atoms with Gasteiger partial charge in [0.15, 0.2) is 10.4 Å². The number of rotatable bonds is 1. The van der Waals surface area contributed by atoms with Gasteiger partial charge >= 0.3 is 0 Å². The Morgan fingerprint density at radius 2 is 2.24 bits per heavy atom. The van der Waals surface area contributed by atoms with Gasteiger partial charge < -0.3 is 9.73 Å². The van der Waals surface area contributed by atoms with E-state index in [4.69, 9.17) is 4.42 Å². The van der Waals surface area contributed by atoms with Crippen molar-refractivity contribution < 1.29 is 4.42 Å². The highest BCUT2D eigenvalue weighted by molar-refractivity contribution is 9.10. The van der Waals surface area contributed by atoms with Crippen molar-refractivity contribution in [2.45, 2.75) is 19.9 Å². The van der Waals surface area contributed by atoms with Gasteiger partial charge in [0.05, 0.1) is 5.69 Å². The molecule has 5 heteroatoms. The Morgan fingerprint density at radius 1 is 1.35 bits per heavy atom. The normalized spacial score (nSPS) is 14.7. The molecule has 1 aliphatic rings. The van der Waals surface area contributed by atoms with Crippen molar-refractivity contribution in [1.82, 2.24) is 15.3 Å². The minimum absolute atomic E-state index is 0.723. The summed E-state index contributed by atoms with van der Waals surface area (Å²) < 4.78 is 6.31. The van der Waals surface area contributed by atoms with E-state index in [9.17, 15) is 0 Å². The van der Waals surface area contributed by atoms with Crippen LogP contribution in [0.3, 0.4) is 0 Å². The summed E-state index contributed by atoms with van der Waals surface area (Å²) in [7, 11) is 0. The summed E-state index contributed by atoms with van der Waals surface area (Å²) in [6.07, 6.45) is 0.952. The monoisotopic (exact) mass is 293 g/mol. The van der Waals surface area contributed by atoms with Crippen LogP contribution >= 0.6 is 15.9 Å². The molecule has 0 unspecified atom stereocenters. The quantitative estimate of drug-likeness (QED) is 0.877. The van der Waals surface area contributed by atoms with Gasteiger partial charge in [-0.1, -0.05) is 0 Å². The van der Waals surface area contributed by atoms with E-state index >= 15 is 0 Å². The van der Waals surface area contributed by atoms with Crippen LogP contribution in [0.1, 0.15) is 17.1 Å². The molecule has 0 saturated carbocycles. The fraction of sp³-hybridized carbons (Fsp3) is 0.333. The van der Waals surface area contributed by atoms with Crippen molar-refractivity contribution >= 4 is 15.9 Å². The first-order chi connectivity index (χ1) is 8.24. The van der Waals surface area contributed by atoms with Gasteiger partial charge in [0.25, 0.3) is 0 Å². The number of nitrogens with one attached hydrogen (secondary N) is 1. The lowest BCUT2D eigenvalue weighted by Gasteiger charge is -2.18. The molecule has 2 aromatic rings. The largest absolute Gasteiger partial charge is 0.448 e. The molecular formula is C12H12BrN3O. The summed E-state index contributed by atoms with van der Waals surface area (Å²) in [5.41, 5.74) is 3.20. The number of furan rings is 1. The zero-order valence-electron chi connectivity index (χ0n) is 9.46. The van der Waals surface area contributed by atoms with Crippen LogP contribution in [0.5, 0.6) is 0 Å². The predicted molar refractivity (Wildman–Crippen MR) is 67.6 cm³/mol. The van der Waals surface area contributed by atoms with Crippen molar-refractivity contribution in [3.63, 3.8) is 0 Å². The summed E-state index contributed by atoms with van der Waals surface area (Å²) in [5.74, 6) is 1.59. The maximum absolute atomic E-state index is 5.59. The average molecular weight is 294 g/mol. The third-order valence-electron chi connectivity index (χ3n) is 2.85. The Hall–Kier alpha value is -1.20. The highest BCUT2D eigenvalue weighted by atomic mass is 79.9. The van der Waals surface area contributed by atoms with Gasteiger partial charge in [-0.15, -0.1) is 0 Å². The van der Waals surface area contributed by atoms with Crippen molar-refractivity contribution in [3.8, 4) is 11.5 Å². The summed E-state index contributed by atoms with van der Waals surface area (Å²) in [6.45, 7) is 3.71. The van der Waals surface area contributed by atoms with Gasteiger partial charge in [0.2, 0.25) is 0 Å². The second-order valence-corrected chi connectivity index (χ2v) is 4.86. The second-order valence-electron chi connectivity index (χ2n) is 4.08. The summed E-state index contributed by atoms with van der Waals surface area (Å²) in [5, 5.41) is 3.34. The Balaban J connectivity index is 2.18. The van der Waals surface area contributed by atoms with E-state index in [1.54, 1.807) is 0 Å². The maximum atomic E-state index is 5.59. The molecule has 88 valence electrons. The van der Waals surface area contributed by atoms with Crippen LogP contribution in [-0.4, -0.2) is 16.5 Å². The number of nitrogens with zero attached hydrogens (tertiary/aromatic N) is 2. The number of halogens is 1. The third kappa shape index (κ3) is 2.00. The topological polar surface area (TPSA) is 51.0 Å². The number of hydrogen-bond acceptors (Lipinski definition) is 4. The van der Waals surface area contributed by atoms with E-state index in [0.29, 0.717) is 0 Å². The van der Waals surface area contributed by atoms with Gasteiger partial charge in [-0.25, -0.2) is 9.97 Å². The first-order valence-corrected chi connectivity index (χ1v) is 6.36. The molecule has 0 amide bonds. The molecule has 0 saturated heterocycles. The Morgan fingerprint density at radius 3 is 3.00 bits per heavy atom. The highest BCUT2D eigenvalue weighted by Gasteiger charge is 2.19. The molecule has 3 rings (SSSR count). The number of aromatic nitrogens is 2. The molecule has 3 heterocycles. The molecule has 1 aliphatic heterocycles. The molecule has 0 spiro atoms. The van der Waals surface area contributed by atoms with Gasteiger partial charge in [0, 0.05) is 25.1 Å². The first kappa shape index (κ1) is 10.9. The van der Waals surface area contributed by atoms with Gasteiger partial charge in [-0.3, -0.25) is 0 Å².